The number of halogens is 2. The zero-order valence-electron chi connectivity index (χ0n) is 16.0. The van der Waals surface area contributed by atoms with E-state index < -0.39 is 0 Å². The van der Waals surface area contributed by atoms with E-state index in [1.165, 1.54) is 12.1 Å². The second-order valence-electron chi connectivity index (χ2n) is 6.15. The van der Waals surface area contributed by atoms with Crippen LogP contribution in [0.5, 0.6) is 0 Å². The second-order valence-corrected chi connectivity index (χ2v) is 7.32. The lowest BCUT2D eigenvalue weighted by molar-refractivity contribution is 0.376. The highest BCUT2D eigenvalue weighted by atomic mass is 127. The third-order valence-electron chi connectivity index (χ3n) is 3.60. The number of guanidine groups is 1. The summed E-state index contributed by atoms with van der Waals surface area (Å²) >= 11 is 1.72. The van der Waals surface area contributed by atoms with Crippen molar-refractivity contribution in [3.63, 3.8) is 0 Å². The van der Waals surface area contributed by atoms with Crippen LogP contribution < -0.4 is 10.6 Å². The van der Waals surface area contributed by atoms with Gasteiger partial charge in [-0.3, -0.25) is 0 Å². The van der Waals surface area contributed by atoms with Crippen molar-refractivity contribution in [1.29, 1.82) is 0 Å². The fourth-order valence-electron chi connectivity index (χ4n) is 2.17. The van der Waals surface area contributed by atoms with Crippen molar-refractivity contribution in [2.45, 2.75) is 44.6 Å². The van der Waals surface area contributed by atoms with Gasteiger partial charge >= 0.3 is 0 Å². The molecule has 0 bridgehead atoms. The van der Waals surface area contributed by atoms with Gasteiger partial charge in [0.2, 0.25) is 0 Å². The standard InChI is InChI=1S/C19H27FN4OS.HI/c1-4-21-19(23-13-16-12-18(14(2)3)24-25-16)22-10-5-11-26-17-8-6-15(20)7-9-17;/h6-9,12,14H,4-5,10-11,13H2,1-3H3,(H2,21,22,23);1H. The molecule has 0 aliphatic carbocycles. The minimum Gasteiger partial charge on any atom is -0.359 e. The van der Waals surface area contributed by atoms with Crippen molar-refractivity contribution in [1.82, 2.24) is 15.8 Å². The lowest BCUT2D eigenvalue weighted by Crippen LogP contribution is -2.37. The van der Waals surface area contributed by atoms with E-state index in [0.29, 0.717) is 12.5 Å². The van der Waals surface area contributed by atoms with Crippen LogP contribution in [0, 0.1) is 5.82 Å². The van der Waals surface area contributed by atoms with Gasteiger partial charge in [-0.05, 0) is 49.3 Å². The molecule has 0 radical (unpaired) electrons. The van der Waals surface area contributed by atoms with Gasteiger partial charge < -0.3 is 15.2 Å². The largest absolute Gasteiger partial charge is 0.359 e. The predicted molar refractivity (Wildman–Crippen MR) is 121 cm³/mol. The average molecular weight is 506 g/mol. The molecule has 1 aromatic heterocycles. The highest BCUT2D eigenvalue weighted by molar-refractivity contribution is 14.0. The molecule has 0 spiro atoms. The van der Waals surface area contributed by atoms with Crippen LogP contribution in [0.15, 0.2) is 44.7 Å². The zero-order chi connectivity index (χ0) is 18.8. The number of aromatic nitrogens is 1. The maximum absolute atomic E-state index is 12.9. The second kappa shape index (κ2) is 13.0. The first-order valence-corrected chi connectivity index (χ1v) is 9.93. The molecule has 0 unspecified atom stereocenters. The number of hydrogen-bond acceptors (Lipinski definition) is 4. The molecule has 2 rings (SSSR count). The molecule has 5 nitrogen and oxygen atoms in total. The molecule has 0 atom stereocenters. The molecule has 0 aliphatic heterocycles. The van der Waals surface area contributed by atoms with Crippen molar-refractivity contribution in [2.75, 3.05) is 18.8 Å². The molecule has 8 heteroatoms. The Morgan fingerprint density at radius 2 is 2.00 bits per heavy atom. The zero-order valence-corrected chi connectivity index (χ0v) is 19.1. The fraction of sp³-hybridized carbons (Fsp3) is 0.474. The average Bonchev–Trinajstić information content (AvgIpc) is 3.10. The van der Waals surface area contributed by atoms with E-state index in [1.54, 1.807) is 11.8 Å². The maximum atomic E-state index is 12.9. The number of hydrogen-bond donors (Lipinski definition) is 2. The molecular weight excluding hydrogens is 478 g/mol. The van der Waals surface area contributed by atoms with Gasteiger partial charge in [-0.25, -0.2) is 9.38 Å². The van der Waals surface area contributed by atoms with Crippen molar-refractivity contribution < 1.29 is 8.91 Å². The first-order valence-electron chi connectivity index (χ1n) is 8.94. The van der Waals surface area contributed by atoms with Crippen molar-refractivity contribution >= 4 is 41.7 Å². The summed E-state index contributed by atoms with van der Waals surface area (Å²) in [6, 6.07) is 8.55. The van der Waals surface area contributed by atoms with Crippen LogP contribution in [0.3, 0.4) is 0 Å². The Balaban J connectivity index is 0.00000364. The van der Waals surface area contributed by atoms with E-state index in [-0.39, 0.29) is 29.8 Å². The summed E-state index contributed by atoms with van der Waals surface area (Å²) in [4.78, 5) is 5.62. The quantitative estimate of drug-likeness (QED) is 0.168. The van der Waals surface area contributed by atoms with Gasteiger partial charge in [0, 0.05) is 24.1 Å². The number of nitrogens with zero attached hydrogens (tertiary/aromatic N) is 2. The Morgan fingerprint density at radius 3 is 2.63 bits per heavy atom. The van der Waals surface area contributed by atoms with Gasteiger partial charge in [0.05, 0.1) is 5.69 Å². The van der Waals surface area contributed by atoms with Crippen LogP contribution in [0.25, 0.3) is 0 Å². The molecule has 1 heterocycles. The van der Waals surface area contributed by atoms with Crippen LogP contribution in [0.2, 0.25) is 0 Å². The number of rotatable bonds is 9. The summed E-state index contributed by atoms with van der Waals surface area (Å²) in [6.45, 7) is 8.27. The minimum absolute atomic E-state index is 0. The number of benzene rings is 1. The van der Waals surface area contributed by atoms with Crippen molar-refractivity contribution in [2.24, 2.45) is 4.99 Å². The number of nitrogens with one attached hydrogen (secondary N) is 2. The van der Waals surface area contributed by atoms with Crippen LogP contribution in [-0.2, 0) is 6.54 Å². The molecule has 2 N–H and O–H groups in total. The summed E-state index contributed by atoms with van der Waals surface area (Å²) in [6.07, 6.45) is 0.978. The first kappa shape index (κ1) is 23.7. The molecule has 0 saturated heterocycles. The van der Waals surface area contributed by atoms with E-state index >= 15 is 0 Å². The molecule has 0 saturated carbocycles. The van der Waals surface area contributed by atoms with Crippen LogP contribution in [0.1, 0.15) is 44.6 Å². The predicted octanol–water partition coefficient (Wildman–Crippen LogP) is 4.79. The first-order chi connectivity index (χ1) is 12.6. The van der Waals surface area contributed by atoms with E-state index in [0.717, 1.165) is 47.6 Å². The smallest absolute Gasteiger partial charge is 0.191 e. The summed E-state index contributed by atoms with van der Waals surface area (Å²) < 4.78 is 18.2. The van der Waals surface area contributed by atoms with E-state index in [2.05, 4.69) is 34.6 Å². The normalized spacial score (nSPS) is 11.4. The van der Waals surface area contributed by atoms with Gasteiger partial charge in [0.15, 0.2) is 11.7 Å². The number of aliphatic imine (C=N–C) groups is 1. The van der Waals surface area contributed by atoms with E-state index in [1.807, 2.05) is 25.1 Å². The molecule has 0 aliphatic rings. The summed E-state index contributed by atoms with van der Waals surface area (Å²) in [5, 5.41) is 10.6. The highest BCUT2D eigenvalue weighted by Crippen LogP contribution is 2.18. The third kappa shape index (κ3) is 8.96. The van der Waals surface area contributed by atoms with Crippen molar-refractivity contribution in [3.8, 4) is 0 Å². The molecule has 0 fully saturated rings. The minimum atomic E-state index is -0.199. The Hall–Kier alpha value is -1.29. The van der Waals surface area contributed by atoms with Gasteiger partial charge in [0.1, 0.15) is 12.4 Å². The van der Waals surface area contributed by atoms with Crippen molar-refractivity contribution in [3.05, 3.63) is 47.6 Å². The summed E-state index contributed by atoms with van der Waals surface area (Å²) in [5.74, 6) is 2.63. The van der Waals surface area contributed by atoms with Gasteiger partial charge in [-0.15, -0.1) is 35.7 Å². The maximum Gasteiger partial charge on any atom is 0.191 e. The van der Waals surface area contributed by atoms with Crippen LogP contribution in [0.4, 0.5) is 4.39 Å². The van der Waals surface area contributed by atoms with Crippen LogP contribution >= 0.6 is 35.7 Å². The van der Waals surface area contributed by atoms with Crippen LogP contribution in [-0.4, -0.2) is 30.0 Å². The Labute approximate surface area is 182 Å². The molecule has 0 amide bonds. The molecule has 150 valence electrons. The molecule has 1 aromatic carbocycles. The Bertz CT molecular complexity index is 691. The highest BCUT2D eigenvalue weighted by Gasteiger charge is 2.07. The van der Waals surface area contributed by atoms with Gasteiger partial charge in [-0.1, -0.05) is 19.0 Å². The molecular formula is C19H28FIN4OS. The van der Waals surface area contributed by atoms with Gasteiger partial charge in [-0.2, -0.15) is 0 Å². The summed E-state index contributed by atoms with van der Waals surface area (Å²) in [7, 11) is 0. The molecule has 27 heavy (non-hydrogen) atoms. The lowest BCUT2D eigenvalue weighted by Gasteiger charge is -2.10. The van der Waals surface area contributed by atoms with E-state index in [4.69, 9.17) is 4.52 Å². The Kier molecular flexibility index (Phi) is 11.4. The molecule has 2 aromatic rings. The van der Waals surface area contributed by atoms with E-state index in [9.17, 15) is 4.39 Å². The Morgan fingerprint density at radius 1 is 1.26 bits per heavy atom. The number of thioether (sulfide) groups is 1. The van der Waals surface area contributed by atoms with Gasteiger partial charge in [0.25, 0.3) is 0 Å². The fourth-order valence-corrected chi connectivity index (χ4v) is 3.03. The lowest BCUT2D eigenvalue weighted by atomic mass is 10.1. The monoisotopic (exact) mass is 506 g/mol. The topological polar surface area (TPSA) is 62.5 Å². The summed E-state index contributed by atoms with van der Waals surface area (Å²) in [5.41, 5.74) is 0.950. The third-order valence-corrected chi connectivity index (χ3v) is 4.70. The SMILES string of the molecule is CCNC(=NCc1cc(C(C)C)no1)NCCCSc1ccc(F)cc1.I.